The van der Waals surface area contributed by atoms with Crippen LogP contribution in [0.25, 0.3) is 43.6 Å². The van der Waals surface area contributed by atoms with Gasteiger partial charge in [-0.05, 0) is 42.0 Å². The molecule has 31 heavy (non-hydrogen) atoms. The van der Waals surface area contributed by atoms with Crippen LogP contribution in [0.2, 0.25) is 0 Å². The first-order chi connectivity index (χ1) is 15.0. The van der Waals surface area contributed by atoms with E-state index in [1.807, 2.05) is 23.7 Å². The van der Waals surface area contributed by atoms with Crippen LogP contribution >= 0.6 is 0 Å². The van der Waals surface area contributed by atoms with E-state index >= 15 is 0 Å². The van der Waals surface area contributed by atoms with Crippen LogP contribution in [0.1, 0.15) is 22.3 Å². The Balaban J connectivity index is 1.98. The second kappa shape index (κ2) is 5.92. The number of hydrogen-bond donors (Lipinski definition) is 3. The molecule has 3 heterocycles. The zero-order valence-corrected chi connectivity index (χ0v) is 16.7. The molecule has 7 nitrogen and oxygen atoms in total. The number of aromatic nitrogens is 2. The fourth-order valence-electron chi connectivity index (χ4n) is 5.21. The Morgan fingerprint density at radius 3 is 2.42 bits per heavy atom. The topological polar surface area (TPSA) is 103 Å². The van der Waals surface area contributed by atoms with Crippen LogP contribution in [0.3, 0.4) is 0 Å². The van der Waals surface area contributed by atoms with Crippen molar-refractivity contribution in [1.82, 2.24) is 14.5 Å². The number of nitrogens with one attached hydrogen (secondary N) is 1. The van der Waals surface area contributed by atoms with Gasteiger partial charge in [0.2, 0.25) is 0 Å². The molecule has 0 radical (unpaired) electrons. The molecular weight excluding hydrogens is 392 g/mol. The van der Waals surface area contributed by atoms with Crippen LogP contribution in [0, 0.1) is 11.3 Å². The summed E-state index contributed by atoms with van der Waals surface area (Å²) in [5.74, 6) is 0.151. The molecule has 2 aromatic heterocycles. The number of fused-ring (bicyclic) bond motifs is 10. The van der Waals surface area contributed by atoms with Crippen LogP contribution in [0.15, 0.2) is 36.4 Å². The van der Waals surface area contributed by atoms with Gasteiger partial charge >= 0.3 is 0 Å². The van der Waals surface area contributed by atoms with Gasteiger partial charge < -0.3 is 24.7 Å². The number of nitrogens with zero attached hydrogens (tertiary/aromatic N) is 3. The van der Waals surface area contributed by atoms with E-state index in [1.165, 1.54) is 0 Å². The Bertz CT molecular complexity index is 1650. The molecule has 0 saturated carbocycles. The summed E-state index contributed by atoms with van der Waals surface area (Å²) in [4.78, 5) is 13.0. The van der Waals surface area contributed by atoms with Gasteiger partial charge in [0.05, 0.1) is 29.1 Å². The predicted molar refractivity (Wildman–Crippen MR) is 118 cm³/mol. The van der Waals surface area contributed by atoms with E-state index < -0.39 is 0 Å². The smallest absolute Gasteiger partial charge is 0.252 e. The van der Waals surface area contributed by atoms with Gasteiger partial charge in [-0.3, -0.25) is 4.79 Å². The van der Waals surface area contributed by atoms with Gasteiger partial charge in [-0.15, -0.1) is 0 Å². The number of carbonyl (C=O) groups excluding carboxylic acids is 1. The molecule has 0 atom stereocenters. The number of aromatic hydroxyl groups is 2. The maximum absolute atomic E-state index is 13.0. The lowest BCUT2D eigenvalue weighted by molar-refractivity contribution is 0.0967. The number of nitriles is 1. The molecule has 3 aromatic carbocycles. The maximum Gasteiger partial charge on any atom is 0.252 e. The van der Waals surface area contributed by atoms with Crippen molar-refractivity contribution in [3.8, 4) is 17.6 Å². The van der Waals surface area contributed by atoms with E-state index in [9.17, 15) is 20.3 Å². The third-order valence-corrected chi connectivity index (χ3v) is 6.41. The molecule has 152 valence electrons. The van der Waals surface area contributed by atoms with Gasteiger partial charge in [0, 0.05) is 52.7 Å². The number of carbonyl (C=O) groups is 1. The first-order valence-corrected chi connectivity index (χ1v) is 10.1. The average Bonchev–Trinajstić information content (AvgIpc) is 3.37. The highest BCUT2D eigenvalue weighted by molar-refractivity contribution is 6.30. The molecular formula is C24H18N4O3. The molecule has 0 unspecified atom stereocenters. The maximum atomic E-state index is 13.0. The molecule has 7 heteroatoms. The van der Waals surface area contributed by atoms with Crippen molar-refractivity contribution in [1.29, 1.82) is 5.26 Å². The SMILES string of the molecule is Cn1c2ccc(O)cc2c2c3c(c4c5cc(O)ccc5n(CCC#N)c4c21)CNC3=O. The quantitative estimate of drug-likeness (QED) is 0.409. The highest BCUT2D eigenvalue weighted by Crippen LogP contribution is 2.45. The van der Waals surface area contributed by atoms with Crippen molar-refractivity contribution >= 4 is 49.5 Å². The second-order valence-corrected chi connectivity index (χ2v) is 8.01. The number of phenols is 2. The van der Waals surface area contributed by atoms with Crippen LogP contribution in [0.5, 0.6) is 11.5 Å². The average molecular weight is 410 g/mol. The second-order valence-electron chi connectivity index (χ2n) is 8.01. The third kappa shape index (κ3) is 2.14. The molecule has 0 saturated heterocycles. The standard InChI is InChI=1S/C24H18N4O3/c1-27-17-5-3-12(29)9-14(17)20-21-16(11-26-24(21)31)19-15-10-13(30)4-6-18(15)28(8-2-7-25)23(19)22(20)27/h3-6,9-10,29-30H,2,8,11H2,1H3,(H,26,31). The van der Waals surface area contributed by atoms with Gasteiger partial charge in [-0.25, -0.2) is 0 Å². The Labute approximate surface area is 176 Å². The molecule has 1 aliphatic rings. The summed E-state index contributed by atoms with van der Waals surface area (Å²) in [7, 11) is 1.95. The molecule has 1 aliphatic heterocycles. The van der Waals surface area contributed by atoms with E-state index in [1.54, 1.807) is 24.3 Å². The first kappa shape index (κ1) is 17.7. The fraction of sp³-hybridized carbons (Fsp3) is 0.167. The first-order valence-electron chi connectivity index (χ1n) is 10.1. The van der Waals surface area contributed by atoms with E-state index in [4.69, 9.17) is 0 Å². The van der Waals surface area contributed by atoms with Crippen molar-refractivity contribution in [2.75, 3.05) is 0 Å². The normalized spacial score (nSPS) is 13.4. The van der Waals surface area contributed by atoms with Gasteiger partial charge in [0.15, 0.2) is 0 Å². The number of rotatable bonds is 2. The minimum Gasteiger partial charge on any atom is -0.508 e. The lowest BCUT2D eigenvalue weighted by atomic mass is 9.97. The number of phenolic OH excluding ortho intramolecular Hbond substituents is 2. The monoisotopic (exact) mass is 410 g/mol. The summed E-state index contributed by atoms with van der Waals surface area (Å²) < 4.78 is 4.15. The number of aryl methyl sites for hydroxylation is 2. The van der Waals surface area contributed by atoms with Crippen molar-refractivity contribution in [3.63, 3.8) is 0 Å². The largest absolute Gasteiger partial charge is 0.508 e. The van der Waals surface area contributed by atoms with Crippen molar-refractivity contribution < 1.29 is 15.0 Å². The van der Waals surface area contributed by atoms with E-state index in [0.717, 1.165) is 49.2 Å². The van der Waals surface area contributed by atoms with Crippen molar-refractivity contribution in [2.24, 2.45) is 7.05 Å². The molecule has 6 rings (SSSR count). The molecule has 0 aliphatic carbocycles. The van der Waals surface area contributed by atoms with Crippen LogP contribution in [-0.4, -0.2) is 25.3 Å². The summed E-state index contributed by atoms with van der Waals surface area (Å²) in [6.45, 7) is 0.881. The zero-order valence-electron chi connectivity index (χ0n) is 16.7. The summed E-state index contributed by atoms with van der Waals surface area (Å²) in [5.41, 5.74) is 5.11. The molecule has 0 fully saturated rings. The van der Waals surface area contributed by atoms with Crippen LogP contribution in [-0.2, 0) is 20.1 Å². The molecule has 0 bridgehead atoms. The van der Waals surface area contributed by atoms with Crippen molar-refractivity contribution in [2.45, 2.75) is 19.5 Å². The Hall–Kier alpha value is -4.18. The van der Waals surface area contributed by atoms with Gasteiger partial charge in [0.25, 0.3) is 5.91 Å². The van der Waals surface area contributed by atoms with Gasteiger partial charge in [-0.1, -0.05) is 0 Å². The minimum absolute atomic E-state index is 0.141. The van der Waals surface area contributed by atoms with E-state index in [0.29, 0.717) is 25.1 Å². The lowest BCUT2D eigenvalue weighted by Gasteiger charge is -2.10. The van der Waals surface area contributed by atoms with E-state index in [-0.39, 0.29) is 17.4 Å². The fourth-order valence-corrected chi connectivity index (χ4v) is 5.21. The van der Waals surface area contributed by atoms with Gasteiger partial charge in [-0.2, -0.15) is 5.26 Å². The minimum atomic E-state index is -0.143. The predicted octanol–water partition coefficient (Wildman–Crippen LogP) is 4.01. The molecule has 3 N–H and O–H groups in total. The zero-order chi connectivity index (χ0) is 21.4. The van der Waals surface area contributed by atoms with Crippen LogP contribution < -0.4 is 5.32 Å². The Kier molecular flexibility index (Phi) is 3.37. The number of amides is 1. The van der Waals surface area contributed by atoms with Gasteiger partial charge in [0.1, 0.15) is 11.5 Å². The third-order valence-electron chi connectivity index (χ3n) is 6.41. The highest BCUT2D eigenvalue weighted by Gasteiger charge is 2.31. The van der Waals surface area contributed by atoms with Crippen LogP contribution in [0.4, 0.5) is 0 Å². The Morgan fingerprint density at radius 1 is 1.03 bits per heavy atom. The molecule has 0 spiro atoms. The highest BCUT2D eigenvalue weighted by atomic mass is 16.3. The Morgan fingerprint density at radius 2 is 1.71 bits per heavy atom. The summed E-state index contributed by atoms with van der Waals surface area (Å²) in [5, 5.41) is 36.0. The van der Waals surface area contributed by atoms with E-state index in [2.05, 4.69) is 16.0 Å². The lowest BCUT2D eigenvalue weighted by Crippen LogP contribution is -2.12. The number of hydrogen-bond acceptors (Lipinski definition) is 4. The summed E-state index contributed by atoms with van der Waals surface area (Å²) in [6.07, 6.45) is 0.334. The summed E-state index contributed by atoms with van der Waals surface area (Å²) >= 11 is 0. The molecule has 1 amide bonds. The molecule has 5 aromatic rings. The number of benzene rings is 3. The summed E-state index contributed by atoms with van der Waals surface area (Å²) in [6, 6.07) is 12.6. The van der Waals surface area contributed by atoms with Crippen molar-refractivity contribution in [3.05, 3.63) is 47.5 Å².